The van der Waals surface area contributed by atoms with Gasteiger partial charge in [-0.25, -0.2) is 9.97 Å². The molecule has 10 rings (SSSR count). The minimum Gasteiger partial charge on any atom is -0.228 e. The second-order valence-corrected chi connectivity index (χ2v) is 14.8. The predicted octanol–water partition coefficient (Wildman–Crippen LogP) is 13.0. The van der Waals surface area contributed by atoms with E-state index in [4.69, 9.17) is 9.97 Å². The van der Waals surface area contributed by atoms with E-state index in [1.807, 2.05) is 17.4 Å². The molecule has 0 saturated carbocycles. The highest BCUT2D eigenvalue weighted by Gasteiger charge is 2.37. The maximum atomic E-state index is 5.31. The van der Waals surface area contributed by atoms with E-state index >= 15 is 0 Å². The SMILES string of the molecule is CC1(C)c2ccccc2-c2cccc(-c3ccc(-c4nc(-c5ccccc5)cc(-c5ccc6c(c5)sc5ccccc56)n4)c4ccccc34)c21. The molecule has 0 atom stereocenters. The lowest BCUT2D eigenvalue weighted by Gasteiger charge is -2.25. The van der Waals surface area contributed by atoms with Gasteiger partial charge in [0.1, 0.15) is 0 Å². The Morgan fingerprint density at radius 2 is 1.02 bits per heavy atom. The summed E-state index contributed by atoms with van der Waals surface area (Å²) in [7, 11) is 0. The van der Waals surface area contributed by atoms with Crippen molar-refractivity contribution in [3.63, 3.8) is 0 Å². The summed E-state index contributed by atoms with van der Waals surface area (Å²) in [5.41, 5.74) is 12.9. The molecule has 7 aromatic carbocycles. The van der Waals surface area contributed by atoms with E-state index < -0.39 is 0 Å². The van der Waals surface area contributed by atoms with Crippen LogP contribution in [0.25, 0.3) is 87.1 Å². The van der Waals surface area contributed by atoms with Crippen molar-refractivity contribution in [3.05, 3.63) is 169 Å². The molecule has 2 heterocycles. The molecule has 2 nitrogen and oxygen atoms in total. The van der Waals surface area contributed by atoms with E-state index in [0.29, 0.717) is 0 Å². The summed E-state index contributed by atoms with van der Waals surface area (Å²) in [6.45, 7) is 4.72. The number of thiophene rings is 1. The third-order valence-corrected chi connectivity index (χ3v) is 11.6. The summed E-state index contributed by atoms with van der Waals surface area (Å²) in [4.78, 5) is 10.6. The van der Waals surface area contributed by atoms with Gasteiger partial charge in [-0.15, -0.1) is 11.3 Å². The van der Waals surface area contributed by atoms with Crippen LogP contribution in [-0.4, -0.2) is 9.97 Å². The van der Waals surface area contributed by atoms with Crippen molar-refractivity contribution in [2.45, 2.75) is 19.3 Å². The van der Waals surface area contributed by atoms with Crippen LogP contribution in [0.1, 0.15) is 25.0 Å². The van der Waals surface area contributed by atoms with Crippen molar-refractivity contribution >= 4 is 42.3 Å². The Morgan fingerprint density at radius 1 is 0.420 bits per heavy atom. The molecule has 0 spiro atoms. The number of nitrogens with zero attached hydrogens (tertiary/aromatic N) is 2. The van der Waals surface area contributed by atoms with Gasteiger partial charge in [0.05, 0.1) is 11.4 Å². The first-order valence-electron chi connectivity index (χ1n) is 17.2. The van der Waals surface area contributed by atoms with Crippen LogP contribution in [0.2, 0.25) is 0 Å². The van der Waals surface area contributed by atoms with Crippen LogP contribution in [0.5, 0.6) is 0 Å². The second kappa shape index (κ2) is 11.1. The predicted molar refractivity (Wildman–Crippen MR) is 212 cm³/mol. The zero-order valence-electron chi connectivity index (χ0n) is 27.8. The average molecular weight is 657 g/mol. The molecule has 1 aliphatic rings. The van der Waals surface area contributed by atoms with Gasteiger partial charge >= 0.3 is 0 Å². The highest BCUT2D eigenvalue weighted by molar-refractivity contribution is 7.25. The summed E-state index contributed by atoms with van der Waals surface area (Å²) < 4.78 is 2.57. The molecular weight excluding hydrogens is 625 g/mol. The first-order chi connectivity index (χ1) is 24.5. The van der Waals surface area contributed by atoms with Gasteiger partial charge in [0.2, 0.25) is 0 Å². The maximum Gasteiger partial charge on any atom is 0.161 e. The number of benzene rings is 7. The molecule has 0 fully saturated rings. The lowest BCUT2D eigenvalue weighted by Crippen LogP contribution is -2.16. The summed E-state index contributed by atoms with van der Waals surface area (Å²) in [6.07, 6.45) is 0. The highest BCUT2D eigenvalue weighted by atomic mass is 32.1. The highest BCUT2D eigenvalue weighted by Crippen LogP contribution is 2.53. The molecule has 0 radical (unpaired) electrons. The smallest absolute Gasteiger partial charge is 0.161 e. The molecule has 3 heteroatoms. The zero-order chi connectivity index (χ0) is 33.4. The zero-order valence-corrected chi connectivity index (χ0v) is 28.6. The number of hydrogen-bond donors (Lipinski definition) is 0. The van der Waals surface area contributed by atoms with Gasteiger partial charge in [0.15, 0.2) is 5.82 Å². The Bertz CT molecular complexity index is 2790. The van der Waals surface area contributed by atoms with Crippen LogP contribution >= 0.6 is 11.3 Å². The van der Waals surface area contributed by atoms with E-state index in [1.165, 1.54) is 58.9 Å². The van der Waals surface area contributed by atoms with Crippen LogP contribution in [0.4, 0.5) is 0 Å². The van der Waals surface area contributed by atoms with Crippen LogP contribution in [0, 0.1) is 0 Å². The molecule has 236 valence electrons. The number of fused-ring (bicyclic) bond motifs is 7. The van der Waals surface area contributed by atoms with E-state index in [9.17, 15) is 0 Å². The van der Waals surface area contributed by atoms with Gasteiger partial charge in [-0.3, -0.25) is 0 Å². The van der Waals surface area contributed by atoms with E-state index in [1.54, 1.807) is 0 Å². The average Bonchev–Trinajstić information content (AvgIpc) is 3.66. The van der Waals surface area contributed by atoms with Crippen molar-refractivity contribution in [3.8, 4) is 56.2 Å². The van der Waals surface area contributed by atoms with Crippen LogP contribution in [0.3, 0.4) is 0 Å². The van der Waals surface area contributed by atoms with Gasteiger partial charge in [0.25, 0.3) is 0 Å². The monoisotopic (exact) mass is 656 g/mol. The van der Waals surface area contributed by atoms with Crippen LogP contribution in [0.15, 0.2) is 158 Å². The summed E-state index contributed by atoms with van der Waals surface area (Å²) in [5, 5.41) is 4.93. The van der Waals surface area contributed by atoms with Crippen molar-refractivity contribution in [2.24, 2.45) is 0 Å². The Balaban J connectivity index is 1.17. The lowest BCUT2D eigenvalue weighted by atomic mass is 9.78. The summed E-state index contributed by atoms with van der Waals surface area (Å²) in [6, 6.07) is 56.9. The van der Waals surface area contributed by atoms with E-state index in [2.05, 4.69) is 166 Å². The molecule has 50 heavy (non-hydrogen) atoms. The number of rotatable bonds is 4. The molecule has 0 bridgehead atoms. The quantitative estimate of drug-likeness (QED) is 0.188. The van der Waals surface area contributed by atoms with Crippen LogP contribution < -0.4 is 0 Å². The van der Waals surface area contributed by atoms with Crippen molar-refractivity contribution in [1.29, 1.82) is 0 Å². The van der Waals surface area contributed by atoms with Gasteiger partial charge in [-0.05, 0) is 68.4 Å². The molecular formula is C47H32N2S. The molecule has 0 amide bonds. The fraction of sp³-hybridized carbons (Fsp3) is 0.0638. The van der Waals surface area contributed by atoms with E-state index in [0.717, 1.165) is 39.3 Å². The third kappa shape index (κ3) is 4.40. The minimum atomic E-state index is -0.111. The summed E-state index contributed by atoms with van der Waals surface area (Å²) >= 11 is 1.83. The normalized spacial score (nSPS) is 13.2. The number of aromatic nitrogens is 2. The Hall–Kier alpha value is -5.90. The Morgan fingerprint density at radius 3 is 1.84 bits per heavy atom. The second-order valence-electron chi connectivity index (χ2n) is 13.7. The molecule has 0 aliphatic heterocycles. The lowest BCUT2D eigenvalue weighted by molar-refractivity contribution is 0.662. The Kier molecular flexibility index (Phi) is 6.43. The van der Waals surface area contributed by atoms with Gasteiger partial charge in [-0.2, -0.15) is 0 Å². The van der Waals surface area contributed by atoms with E-state index in [-0.39, 0.29) is 5.41 Å². The fourth-order valence-corrected chi connectivity index (χ4v) is 9.30. The molecule has 1 aliphatic carbocycles. The van der Waals surface area contributed by atoms with Crippen molar-refractivity contribution in [1.82, 2.24) is 9.97 Å². The van der Waals surface area contributed by atoms with Gasteiger partial charge in [0, 0.05) is 42.3 Å². The first-order valence-corrected chi connectivity index (χ1v) is 18.0. The molecule has 0 unspecified atom stereocenters. The Labute approximate surface area is 295 Å². The first kappa shape index (κ1) is 29.1. The minimum absolute atomic E-state index is 0.111. The number of hydrogen-bond acceptors (Lipinski definition) is 3. The van der Waals surface area contributed by atoms with Gasteiger partial charge in [-0.1, -0.05) is 147 Å². The fourth-order valence-electron chi connectivity index (χ4n) is 8.16. The molecule has 9 aromatic rings. The summed E-state index contributed by atoms with van der Waals surface area (Å²) in [5.74, 6) is 0.728. The van der Waals surface area contributed by atoms with Crippen molar-refractivity contribution < 1.29 is 0 Å². The topological polar surface area (TPSA) is 25.8 Å². The largest absolute Gasteiger partial charge is 0.228 e. The molecule has 0 N–H and O–H groups in total. The maximum absolute atomic E-state index is 5.31. The van der Waals surface area contributed by atoms with Gasteiger partial charge < -0.3 is 0 Å². The van der Waals surface area contributed by atoms with Crippen LogP contribution in [-0.2, 0) is 5.41 Å². The van der Waals surface area contributed by atoms with Crippen molar-refractivity contribution in [2.75, 3.05) is 0 Å². The standard InChI is InChI=1S/C47H32N2S/c1-47(2)40-21-10-8-17-34(40)38-20-12-19-37(45(38)47)33-25-26-39(32-16-7-6-15-31(32)33)46-48-41(29-13-4-3-5-14-29)28-42(49-46)30-23-24-36-35-18-9-11-22-43(35)50-44(36)27-30/h3-28H,1-2H3. The molecule has 0 saturated heterocycles. The third-order valence-electron chi connectivity index (χ3n) is 10.5. The molecule has 2 aromatic heterocycles.